The van der Waals surface area contributed by atoms with Gasteiger partial charge in [0.2, 0.25) is 0 Å². The molecule has 1 aliphatic rings. The molecule has 1 N–H and O–H groups in total. The average molecular weight is 349 g/mol. The monoisotopic (exact) mass is 348 g/mol. The molecule has 0 unspecified atom stereocenters. The number of nitrogens with one attached hydrogen (secondary N) is 1. The lowest BCUT2D eigenvalue weighted by Crippen LogP contribution is -2.38. The minimum Gasteiger partial charge on any atom is -0.435 e. The maximum atomic E-state index is 12.4. The number of ether oxygens (including phenoxy) is 1. The molecule has 0 saturated carbocycles. The van der Waals surface area contributed by atoms with E-state index in [1.165, 1.54) is 24.3 Å². The van der Waals surface area contributed by atoms with E-state index in [4.69, 9.17) is 0 Å². The molecule has 0 aliphatic carbocycles. The average Bonchev–Trinajstić information content (AvgIpc) is 2.53. The molecule has 1 aromatic carbocycles. The number of likely N-dealkylation sites (tertiary alicyclic amines) is 1. The molecule has 4 nitrogen and oxygen atoms in total. The second kappa shape index (κ2) is 9.67. The molecule has 0 bridgehead atoms. The Labute approximate surface area is 141 Å². The first-order valence-electron chi connectivity index (χ1n) is 7.59. The highest BCUT2D eigenvalue weighted by Crippen LogP contribution is 2.22. The molecule has 1 aliphatic heterocycles. The molecule has 0 radical (unpaired) electrons. The Kier molecular flexibility index (Phi) is 8.26. The van der Waals surface area contributed by atoms with E-state index in [1.54, 1.807) is 0 Å². The van der Waals surface area contributed by atoms with Crippen molar-refractivity contribution < 1.29 is 18.3 Å². The van der Waals surface area contributed by atoms with Gasteiger partial charge in [0.05, 0.1) is 0 Å². The maximum Gasteiger partial charge on any atom is 0.387 e. The van der Waals surface area contributed by atoms with E-state index >= 15 is 0 Å². The van der Waals surface area contributed by atoms with Crippen LogP contribution in [-0.4, -0.2) is 44.1 Å². The molecule has 1 saturated heterocycles. The van der Waals surface area contributed by atoms with Crippen molar-refractivity contribution in [1.82, 2.24) is 10.2 Å². The summed E-state index contributed by atoms with van der Waals surface area (Å²) >= 11 is 0. The zero-order chi connectivity index (χ0) is 15.9. The van der Waals surface area contributed by atoms with Crippen LogP contribution in [0.1, 0.15) is 29.6 Å². The van der Waals surface area contributed by atoms with Crippen LogP contribution in [-0.2, 0) is 0 Å². The van der Waals surface area contributed by atoms with Gasteiger partial charge in [0.15, 0.2) is 0 Å². The molecule has 1 heterocycles. The molecule has 7 heteroatoms. The van der Waals surface area contributed by atoms with Crippen molar-refractivity contribution in [3.05, 3.63) is 29.8 Å². The highest BCUT2D eigenvalue weighted by Gasteiger charge is 2.23. The van der Waals surface area contributed by atoms with E-state index in [-0.39, 0.29) is 24.1 Å². The maximum absolute atomic E-state index is 12.4. The van der Waals surface area contributed by atoms with Crippen molar-refractivity contribution in [1.29, 1.82) is 0 Å². The summed E-state index contributed by atoms with van der Waals surface area (Å²) in [5.74, 6) is 0.686. The number of rotatable bonds is 6. The van der Waals surface area contributed by atoms with Crippen LogP contribution in [0.5, 0.6) is 5.75 Å². The fourth-order valence-corrected chi connectivity index (χ4v) is 2.73. The molecular weight excluding hydrogens is 326 g/mol. The zero-order valence-electron chi connectivity index (χ0n) is 13.1. The van der Waals surface area contributed by atoms with Crippen molar-refractivity contribution in [2.75, 3.05) is 26.7 Å². The van der Waals surface area contributed by atoms with Gasteiger partial charge in [-0.2, -0.15) is 8.78 Å². The van der Waals surface area contributed by atoms with Gasteiger partial charge in [-0.25, -0.2) is 0 Å². The Bertz CT molecular complexity index is 477. The predicted octanol–water partition coefficient (Wildman–Crippen LogP) is 3.17. The largest absolute Gasteiger partial charge is 0.435 e. The molecule has 1 aromatic rings. The summed E-state index contributed by atoms with van der Waals surface area (Å²) in [4.78, 5) is 14.2. The topological polar surface area (TPSA) is 41.6 Å². The number of alkyl halides is 2. The van der Waals surface area contributed by atoms with Gasteiger partial charge < -0.3 is 15.0 Å². The molecule has 0 atom stereocenters. The Morgan fingerprint density at radius 1 is 1.30 bits per heavy atom. The molecule has 130 valence electrons. The lowest BCUT2D eigenvalue weighted by atomic mass is 9.93. The predicted molar refractivity (Wildman–Crippen MR) is 87.5 cm³/mol. The highest BCUT2D eigenvalue weighted by atomic mass is 35.5. The molecule has 1 fully saturated rings. The van der Waals surface area contributed by atoms with Crippen molar-refractivity contribution in [3.8, 4) is 5.75 Å². The standard InChI is InChI=1S/C16H22F2N2O2.ClH/c1-19-9-6-12-7-10-20(11-8-12)15(21)13-2-4-14(5-3-13)22-16(17)18;/h2-5,12,16,19H,6-11H2,1H3;1H. The fourth-order valence-electron chi connectivity index (χ4n) is 2.73. The van der Waals surface area contributed by atoms with E-state index in [9.17, 15) is 13.6 Å². The van der Waals surface area contributed by atoms with Gasteiger partial charge in [0.25, 0.3) is 5.91 Å². The van der Waals surface area contributed by atoms with Gasteiger partial charge in [-0.05, 0) is 63.0 Å². The van der Waals surface area contributed by atoms with Crippen LogP contribution in [0.3, 0.4) is 0 Å². The minimum atomic E-state index is -2.85. The first-order chi connectivity index (χ1) is 10.6. The van der Waals surface area contributed by atoms with Crippen LogP contribution < -0.4 is 10.1 Å². The summed E-state index contributed by atoms with van der Waals surface area (Å²) < 4.78 is 28.5. The van der Waals surface area contributed by atoms with Gasteiger partial charge in [-0.1, -0.05) is 0 Å². The van der Waals surface area contributed by atoms with Gasteiger partial charge >= 0.3 is 6.61 Å². The number of hydrogen-bond acceptors (Lipinski definition) is 3. The van der Waals surface area contributed by atoms with E-state index in [1.807, 2.05) is 11.9 Å². The van der Waals surface area contributed by atoms with Crippen LogP contribution in [0.2, 0.25) is 0 Å². The second-order valence-electron chi connectivity index (χ2n) is 5.53. The zero-order valence-corrected chi connectivity index (χ0v) is 14.0. The minimum absolute atomic E-state index is 0. The first-order valence-corrected chi connectivity index (χ1v) is 7.59. The van der Waals surface area contributed by atoms with Crippen LogP contribution in [0, 0.1) is 5.92 Å². The summed E-state index contributed by atoms with van der Waals surface area (Å²) in [5, 5.41) is 3.15. The summed E-state index contributed by atoms with van der Waals surface area (Å²) in [5.41, 5.74) is 0.510. The second-order valence-corrected chi connectivity index (χ2v) is 5.53. The number of hydrogen-bond donors (Lipinski definition) is 1. The number of amides is 1. The number of piperidine rings is 1. The number of carbonyl (C=O) groups excluding carboxylic acids is 1. The SMILES string of the molecule is CNCCC1CCN(C(=O)c2ccc(OC(F)F)cc2)CC1.Cl. The lowest BCUT2D eigenvalue weighted by molar-refractivity contribution is -0.0498. The molecule has 0 aromatic heterocycles. The Morgan fingerprint density at radius 3 is 2.43 bits per heavy atom. The summed E-state index contributed by atoms with van der Waals surface area (Å²) in [7, 11) is 1.94. The normalized spacial score (nSPS) is 15.4. The van der Waals surface area contributed by atoms with Crippen molar-refractivity contribution >= 4 is 18.3 Å². The molecular formula is C16H23ClF2N2O2. The fraction of sp³-hybridized carbons (Fsp3) is 0.562. The Balaban J connectivity index is 0.00000264. The van der Waals surface area contributed by atoms with E-state index < -0.39 is 6.61 Å². The Hall–Kier alpha value is -1.40. The van der Waals surface area contributed by atoms with Crippen LogP contribution >= 0.6 is 12.4 Å². The third-order valence-corrected chi connectivity index (χ3v) is 4.03. The highest BCUT2D eigenvalue weighted by molar-refractivity contribution is 5.94. The summed E-state index contributed by atoms with van der Waals surface area (Å²) in [6.45, 7) is -0.340. The summed E-state index contributed by atoms with van der Waals surface area (Å²) in [6.07, 6.45) is 3.16. The van der Waals surface area contributed by atoms with Gasteiger partial charge in [-0.15, -0.1) is 12.4 Å². The first kappa shape index (κ1) is 19.6. The van der Waals surface area contributed by atoms with Gasteiger partial charge in [0.1, 0.15) is 5.75 Å². The number of halogens is 3. The number of benzene rings is 1. The van der Waals surface area contributed by atoms with Crippen LogP contribution in [0.4, 0.5) is 8.78 Å². The number of carbonyl (C=O) groups is 1. The third kappa shape index (κ3) is 5.95. The summed E-state index contributed by atoms with van der Waals surface area (Å²) in [6, 6.07) is 5.87. The van der Waals surface area contributed by atoms with Gasteiger partial charge in [-0.3, -0.25) is 4.79 Å². The van der Waals surface area contributed by atoms with Gasteiger partial charge in [0, 0.05) is 18.7 Å². The number of nitrogens with zero attached hydrogens (tertiary/aromatic N) is 1. The van der Waals surface area contributed by atoms with E-state index in [2.05, 4.69) is 10.1 Å². The van der Waals surface area contributed by atoms with Crippen LogP contribution in [0.15, 0.2) is 24.3 Å². The Morgan fingerprint density at radius 2 is 1.91 bits per heavy atom. The lowest BCUT2D eigenvalue weighted by Gasteiger charge is -2.32. The van der Waals surface area contributed by atoms with Crippen molar-refractivity contribution in [2.24, 2.45) is 5.92 Å². The molecule has 23 heavy (non-hydrogen) atoms. The van der Waals surface area contributed by atoms with E-state index in [0.717, 1.165) is 38.9 Å². The smallest absolute Gasteiger partial charge is 0.387 e. The molecule has 1 amide bonds. The molecule has 0 spiro atoms. The van der Waals surface area contributed by atoms with Crippen LogP contribution in [0.25, 0.3) is 0 Å². The third-order valence-electron chi connectivity index (χ3n) is 4.03. The van der Waals surface area contributed by atoms with E-state index in [0.29, 0.717) is 11.5 Å². The molecule has 2 rings (SSSR count). The van der Waals surface area contributed by atoms with Crippen molar-refractivity contribution in [3.63, 3.8) is 0 Å². The van der Waals surface area contributed by atoms with Crippen molar-refractivity contribution in [2.45, 2.75) is 25.9 Å². The quantitative estimate of drug-likeness (QED) is 0.858.